The van der Waals surface area contributed by atoms with Crippen molar-refractivity contribution in [2.24, 2.45) is 0 Å². The number of nitrogens with one attached hydrogen (secondary N) is 1. The number of halogens is 1. The molecule has 0 amide bonds. The first kappa shape index (κ1) is 15.2. The molecule has 1 N–H and O–H groups in total. The molecule has 0 saturated carbocycles. The minimum atomic E-state index is -0.285. The highest BCUT2D eigenvalue weighted by Crippen LogP contribution is 2.26. The third-order valence-corrected chi connectivity index (χ3v) is 3.37. The average Bonchev–Trinajstić information content (AvgIpc) is 2.50. The summed E-state index contributed by atoms with van der Waals surface area (Å²) in [5.74, 6) is 0.230. The van der Waals surface area contributed by atoms with Crippen molar-refractivity contribution in [2.45, 2.75) is 25.5 Å². The summed E-state index contributed by atoms with van der Waals surface area (Å²) in [4.78, 5) is 0. The zero-order valence-corrected chi connectivity index (χ0v) is 12.0. The largest absolute Gasteiger partial charge is 0.497 e. The smallest absolute Gasteiger partial charge is 0.131 e. The van der Waals surface area contributed by atoms with Crippen LogP contribution in [0.1, 0.15) is 24.9 Å². The third-order valence-electron chi connectivity index (χ3n) is 3.37. The van der Waals surface area contributed by atoms with Crippen molar-refractivity contribution in [3.63, 3.8) is 0 Å². The Kier molecular flexibility index (Phi) is 5.76. The highest BCUT2D eigenvalue weighted by atomic mass is 19.1. The zero-order valence-electron chi connectivity index (χ0n) is 12.0. The number of benzene rings is 1. The van der Waals surface area contributed by atoms with E-state index >= 15 is 0 Å². The molecular formula is C15H22FNO3. The summed E-state index contributed by atoms with van der Waals surface area (Å²) in [5, 5.41) is 3.35. The third kappa shape index (κ3) is 3.69. The Morgan fingerprint density at radius 2 is 2.30 bits per heavy atom. The molecular weight excluding hydrogens is 261 g/mol. The lowest BCUT2D eigenvalue weighted by Gasteiger charge is -2.31. The Morgan fingerprint density at radius 3 is 2.90 bits per heavy atom. The van der Waals surface area contributed by atoms with Crippen molar-refractivity contribution < 1.29 is 18.6 Å². The summed E-state index contributed by atoms with van der Waals surface area (Å²) in [6.45, 7) is 4.50. The number of hydrogen-bond acceptors (Lipinski definition) is 4. The molecule has 5 heteroatoms. The van der Waals surface area contributed by atoms with Gasteiger partial charge in [-0.05, 0) is 19.0 Å². The molecule has 0 aliphatic carbocycles. The quantitative estimate of drug-likeness (QED) is 0.869. The summed E-state index contributed by atoms with van der Waals surface area (Å²) < 4.78 is 30.4. The fraction of sp³-hybridized carbons (Fsp3) is 0.600. The van der Waals surface area contributed by atoms with Gasteiger partial charge in [0, 0.05) is 11.6 Å². The second-order valence-corrected chi connectivity index (χ2v) is 4.80. The second kappa shape index (κ2) is 7.57. The minimum absolute atomic E-state index is 0.168. The van der Waals surface area contributed by atoms with Crippen molar-refractivity contribution in [3.05, 3.63) is 29.6 Å². The first-order valence-electron chi connectivity index (χ1n) is 7.02. The molecule has 2 atom stereocenters. The van der Waals surface area contributed by atoms with E-state index < -0.39 is 0 Å². The van der Waals surface area contributed by atoms with Gasteiger partial charge < -0.3 is 19.5 Å². The lowest BCUT2D eigenvalue weighted by molar-refractivity contribution is -0.102. The average molecular weight is 283 g/mol. The molecule has 1 aromatic carbocycles. The van der Waals surface area contributed by atoms with Crippen LogP contribution in [0.15, 0.2) is 18.2 Å². The Labute approximate surface area is 119 Å². The number of hydrogen-bond donors (Lipinski definition) is 1. The Balaban J connectivity index is 2.20. The van der Waals surface area contributed by atoms with E-state index in [2.05, 4.69) is 12.2 Å². The molecule has 1 heterocycles. The first-order chi connectivity index (χ1) is 9.76. The Bertz CT molecular complexity index is 422. The molecule has 1 aromatic rings. The number of rotatable bonds is 6. The minimum Gasteiger partial charge on any atom is -0.497 e. The molecule has 0 bridgehead atoms. The van der Waals surface area contributed by atoms with E-state index in [1.165, 1.54) is 13.2 Å². The molecule has 0 radical (unpaired) electrons. The van der Waals surface area contributed by atoms with E-state index in [0.717, 1.165) is 13.0 Å². The van der Waals surface area contributed by atoms with Crippen LogP contribution in [0.25, 0.3) is 0 Å². The van der Waals surface area contributed by atoms with Gasteiger partial charge in [-0.3, -0.25) is 0 Å². The van der Waals surface area contributed by atoms with Crippen molar-refractivity contribution in [2.75, 3.05) is 33.5 Å². The van der Waals surface area contributed by atoms with E-state index in [1.54, 1.807) is 12.1 Å². The molecule has 1 aliphatic rings. The first-order valence-corrected chi connectivity index (χ1v) is 7.02. The molecule has 0 spiro atoms. The van der Waals surface area contributed by atoms with Crippen LogP contribution < -0.4 is 10.1 Å². The van der Waals surface area contributed by atoms with Gasteiger partial charge >= 0.3 is 0 Å². The van der Waals surface area contributed by atoms with Gasteiger partial charge in [0.15, 0.2) is 0 Å². The summed E-state index contributed by atoms with van der Waals surface area (Å²) >= 11 is 0. The van der Waals surface area contributed by atoms with Gasteiger partial charge in [-0.1, -0.05) is 13.0 Å². The van der Waals surface area contributed by atoms with E-state index in [0.29, 0.717) is 31.1 Å². The van der Waals surface area contributed by atoms with Gasteiger partial charge in [0.2, 0.25) is 0 Å². The maximum absolute atomic E-state index is 14.3. The van der Waals surface area contributed by atoms with Crippen molar-refractivity contribution in [1.82, 2.24) is 5.32 Å². The molecule has 1 fully saturated rings. The molecule has 4 nitrogen and oxygen atoms in total. The van der Waals surface area contributed by atoms with Crippen molar-refractivity contribution in [1.29, 1.82) is 0 Å². The van der Waals surface area contributed by atoms with Crippen LogP contribution in [0.5, 0.6) is 5.75 Å². The molecule has 20 heavy (non-hydrogen) atoms. The number of ether oxygens (including phenoxy) is 3. The molecule has 2 rings (SSSR count). The molecule has 0 aromatic heterocycles. The molecule has 1 saturated heterocycles. The molecule has 1 aliphatic heterocycles. The van der Waals surface area contributed by atoms with Gasteiger partial charge in [-0.25, -0.2) is 4.39 Å². The van der Waals surface area contributed by atoms with Crippen LogP contribution in [0.2, 0.25) is 0 Å². The lowest BCUT2D eigenvalue weighted by Crippen LogP contribution is -2.41. The lowest BCUT2D eigenvalue weighted by atomic mass is 10.00. The zero-order chi connectivity index (χ0) is 14.4. The van der Waals surface area contributed by atoms with Gasteiger partial charge in [0.1, 0.15) is 17.7 Å². The Hall–Kier alpha value is -1.17. The van der Waals surface area contributed by atoms with Crippen LogP contribution >= 0.6 is 0 Å². The molecule has 112 valence electrons. The van der Waals surface area contributed by atoms with E-state index in [9.17, 15) is 4.39 Å². The van der Waals surface area contributed by atoms with Crippen LogP contribution in [-0.2, 0) is 9.47 Å². The SMILES string of the molecule is CCCNC(c1ccc(OC)cc1F)C1COCCO1. The van der Waals surface area contributed by atoms with Crippen LogP contribution in [0.3, 0.4) is 0 Å². The van der Waals surface area contributed by atoms with Gasteiger partial charge in [-0.15, -0.1) is 0 Å². The van der Waals surface area contributed by atoms with Crippen LogP contribution in [0.4, 0.5) is 4.39 Å². The predicted molar refractivity (Wildman–Crippen MR) is 74.5 cm³/mol. The topological polar surface area (TPSA) is 39.7 Å². The van der Waals surface area contributed by atoms with E-state index in [4.69, 9.17) is 14.2 Å². The summed E-state index contributed by atoms with van der Waals surface area (Å²) in [5.41, 5.74) is 0.592. The summed E-state index contributed by atoms with van der Waals surface area (Å²) in [6, 6.07) is 4.71. The van der Waals surface area contributed by atoms with Gasteiger partial charge in [0.05, 0.1) is 33.0 Å². The van der Waals surface area contributed by atoms with Crippen molar-refractivity contribution >= 4 is 0 Å². The summed E-state index contributed by atoms with van der Waals surface area (Å²) in [6.07, 6.45) is 0.806. The predicted octanol–water partition coefficient (Wildman–Crippen LogP) is 2.29. The highest BCUT2D eigenvalue weighted by Gasteiger charge is 2.28. The second-order valence-electron chi connectivity index (χ2n) is 4.80. The van der Waals surface area contributed by atoms with Crippen molar-refractivity contribution in [3.8, 4) is 5.75 Å². The standard InChI is InChI=1S/C15H22FNO3/c1-3-6-17-15(14-10-19-7-8-20-14)12-5-4-11(18-2)9-13(12)16/h4-5,9,14-15,17H,3,6-8,10H2,1-2H3. The monoisotopic (exact) mass is 283 g/mol. The van der Waals surface area contributed by atoms with E-state index in [-0.39, 0.29) is 18.0 Å². The maximum Gasteiger partial charge on any atom is 0.131 e. The fourth-order valence-electron chi connectivity index (χ4n) is 2.33. The van der Waals surface area contributed by atoms with Gasteiger partial charge in [-0.2, -0.15) is 0 Å². The normalized spacial score (nSPS) is 20.6. The number of methoxy groups -OCH3 is 1. The fourth-order valence-corrected chi connectivity index (χ4v) is 2.33. The summed E-state index contributed by atoms with van der Waals surface area (Å²) in [7, 11) is 1.53. The van der Waals surface area contributed by atoms with Crippen LogP contribution in [-0.4, -0.2) is 39.6 Å². The van der Waals surface area contributed by atoms with Gasteiger partial charge in [0.25, 0.3) is 0 Å². The maximum atomic E-state index is 14.3. The Morgan fingerprint density at radius 1 is 1.45 bits per heavy atom. The highest BCUT2D eigenvalue weighted by molar-refractivity contribution is 5.31. The van der Waals surface area contributed by atoms with E-state index in [1.807, 2.05) is 0 Å². The van der Waals surface area contributed by atoms with Crippen LogP contribution in [0, 0.1) is 5.82 Å². The molecule has 2 unspecified atom stereocenters.